The van der Waals surface area contributed by atoms with Crippen LogP contribution >= 0.6 is 11.8 Å². The van der Waals surface area contributed by atoms with Crippen molar-refractivity contribution < 1.29 is 0 Å². The summed E-state index contributed by atoms with van der Waals surface area (Å²) in [5.41, 5.74) is 5.70. The fourth-order valence-corrected chi connectivity index (χ4v) is 2.19. The summed E-state index contributed by atoms with van der Waals surface area (Å²) >= 11 is 1.90. The van der Waals surface area contributed by atoms with Crippen LogP contribution in [0.15, 0.2) is 0 Å². The molecule has 84 valence electrons. The molecule has 1 aliphatic carbocycles. The highest BCUT2D eigenvalue weighted by atomic mass is 32.2. The molecule has 0 aromatic rings. The van der Waals surface area contributed by atoms with E-state index in [0.717, 1.165) is 19.0 Å². The largest absolute Gasteiger partial charge is 0.329 e. The number of hydrogen-bond donors (Lipinski definition) is 2. The third-order valence-corrected chi connectivity index (χ3v) is 3.52. The van der Waals surface area contributed by atoms with Gasteiger partial charge < -0.3 is 11.1 Å². The van der Waals surface area contributed by atoms with Crippen LogP contribution in [0.1, 0.15) is 32.1 Å². The Hall–Kier alpha value is 0.270. The lowest BCUT2D eigenvalue weighted by Crippen LogP contribution is -2.37. The smallest absolute Gasteiger partial charge is 0.0198 e. The van der Waals surface area contributed by atoms with Crippen LogP contribution < -0.4 is 11.1 Å². The maximum atomic E-state index is 5.70. The first kappa shape index (κ1) is 12.3. The monoisotopic (exact) mass is 216 g/mol. The average molecular weight is 216 g/mol. The summed E-state index contributed by atoms with van der Waals surface area (Å²) in [6.45, 7) is 1.94. The maximum absolute atomic E-state index is 5.70. The Morgan fingerprint density at radius 2 is 2.29 bits per heavy atom. The summed E-state index contributed by atoms with van der Waals surface area (Å²) in [7, 11) is 0. The van der Waals surface area contributed by atoms with E-state index in [9.17, 15) is 0 Å². The molecule has 1 aliphatic rings. The van der Waals surface area contributed by atoms with Crippen LogP contribution in [0.25, 0.3) is 0 Å². The van der Waals surface area contributed by atoms with E-state index in [4.69, 9.17) is 5.73 Å². The van der Waals surface area contributed by atoms with Crippen molar-refractivity contribution in [3.8, 4) is 0 Å². The minimum absolute atomic E-state index is 0.543. The number of nitrogens with two attached hydrogens (primary N) is 1. The Labute approximate surface area is 92.4 Å². The molecule has 3 heteroatoms. The quantitative estimate of drug-likeness (QED) is 0.578. The first-order valence-electron chi connectivity index (χ1n) is 5.79. The van der Waals surface area contributed by atoms with E-state index >= 15 is 0 Å². The van der Waals surface area contributed by atoms with E-state index in [0.29, 0.717) is 6.04 Å². The van der Waals surface area contributed by atoms with Crippen LogP contribution in [0.2, 0.25) is 0 Å². The molecule has 1 atom stereocenters. The van der Waals surface area contributed by atoms with Crippen molar-refractivity contribution in [2.24, 2.45) is 11.7 Å². The molecule has 0 amide bonds. The molecule has 0 saturated heterocycles. The lowest BCUT2D eigenvalue weighted by Gasteiger charge is -2.15. The van der Waals surface area contributed by atoms with Gasteiger partial charge in [-0.25, -0.2) is 0 Å². The summed E-state index contributed by atoms with van der Waals surface area (Å²) in [6.07, 6.45) is 9.08. The Balaban J connectivity index is 1.89. The highest BCUT2D eigenvalue weighted by Gasteiger charge is 2.20. The standard InChI is InChI=1S/C11H24N2S/c1-14-8-6-11(9-12)13-7-2-3-10-4-5-10/h10-11,13H,2-9,12H2,1H3. The molecule has 0 aliphatic heterocycles. The fourth-order valence-electron chi connectivity index (χ4n) is 1.67. The van der Waals surface area contributed by atoms with Crippen molar-refractivity contribution in [2.75, 3.05) is 25.1 Å². The molecule has 2 nitrogen and oxygen atoms in total. The van der Waals surface area contributed by atoms with Crippen molar-refractivity contribution >= 4 is 11.8 Å². The molecule has 0 heterocycles. The molecule has 1 rings (SSSR count). The molecule has 0 aromatic heterocycles. The lowest BCUT2D eigenvalue weighted by atomic mass is 10.2. The van der Waals surface area contributed by atoms with E-state index < -0.39 is 0 Å². The molecule has 1 fully saturated rings. The van der Waals surface area contributed by atoms with Gasteiger partial charge in [0.2, 0.25) is 0 Å². The minimum atomic E-state index is 0.543. The van der Waals surface area contributed by atoms with Gasteiger partial charge in [-0.1, -0.05) is 12.8 Å². The van der Waals surface area contributed by atoms with Gasteiger partial charge in [-0.05, 0) is 43.7 Å². The molecule has 1 saturated carbocycles. The molecule has 0 bridgehead atoms. The Bertz CT molecular complexity index is 137. The second-order valence-electron chi connectivity index (χ2n) is 4.25. The van der Waals surface area contributed by atoms with Crippen LogP contribution in [0.4, 0.5) is 0 Å². The van der Waals surface area contributed by atoms with E-state index in [1.807, 2.05) is 11.8 Å². The van der Waals surface area contributed by atoms with Crippen LogP contribution in [0.5, 0.6) is 0 Å². The normalized spacial score (nSPS) is 18.4. The third kappa shape index (κ3) is 5.89. The first-order chi connectivity index (χ1) is 6.86. The van der Waals surface area contributed by atoms with Gasteiger partial charge in [0.05, 0.1) is 0 Å². The second-order valence-corrected chi connectivity index (χ2v) is 5.24. The fraction of sp³-hybridized carbons (Fsp3) is 1.00. The number of nitrogens with one attached hydrogen (secondary N) is 1. The summed E-state index contributed by atoms with van der Waals surface area (Å²) < 4.78 is 0. The van der Waals surface area contributed by atoms with E-state index in [1.54, 1.807) is 0 Å². The highest BCUT2D eigenvalue weighted by Crippen LogP contribution is 2.33. The van der Waals surface area contributed by atoms with Gasteiger partial charge in [0.1, 0.15) is 0 Å². The second kappa shape index (κ2) is 7.55. The zero-order valence-electron chi connectivity index (χ0n) is 9.30. The van der Waals surface area contributed by atoms with Gasteiger partial charge in [-0.15, -0.1) is 0 Å². The van der Waals surface area contributed by atoms with Crippen molar-refractivity contribution in [1.29, 1.82) is 0 Å². The topological polar surface area (TPSA) is 38.0 Å². The molecule has 1 unspecified atom stereocenters. The molecule has 0 radical (unpaired) electrons. The van der Waals surface area contributed by atoms with Gasteiger partial charge in [0.15, 0.2) is 0 Å². The van der Waals surface area contributed by atoms with E-state index in [1.165, 1.54) is 37.9 Å². The summed E-state index contributed by atoms with van der Waals surface area (Å²) in [5, 5.41) is 3.55. The predicted molar refractivity (Wildman–Crippen MR) is 65.8 cm³/mol. The van der Waals surface area contributed by atoms with Gasteiger partial charge >= 0.3 is 0 Å². The molecular formula is C11H24N2S. The molecule has 0 spiro atoms. The molecular weight excluding hydrogens is 192 g/mol. The summed E-state index contributed by atoms with van der Waals surface area (Å²) in [6, 6.07) is 0.543. The van der Waals surface area contributed by atoms with Crippen molar-refractivity contribution in [3.63, 3.8) is 0 Å². The molecule has 14 heavy (non-hydrogen) atoms. The van der Waals surface area contributed by atoms with Crippen LogP contribution in [-0.2, 0) is 0 Å². The van der Waals surface area contributed by atoms with Gasteiger partial charge in [0, 0.05) is 12.6 Å². The zero-order chi connectivity index (χ0) is 10.2. The Morgan fingerprint density at radius 3 is 2.86 bits per heavy atom. The Morgan fingerprint density at radius 1 is 1.50 bits per heavy atom. The van der Waals surface area contributed by atoms with Crippen LogP contribution in [0, 0.1) is 5.92 Å². The number of hydrogen-bond acceptors (Lipinski definition) is 3. The zero-order valence-corrected chi connectivity index (χ0v) is 10.1. The minimum Gasteiger partial charge on any atom is -0.329 e. The SMILES string of the molecule is CSCCC(CN)NCCCC1CC1. The number of rotatable bonds is 9. The highest BCUT2D eigenvalue weighted by molar-refractivity contribution is 7.98. The van der Waals surface area contributed by atoms with Gasteiger partial charge in [-0.2, -0.15) is 11.8 Å². The third-order valence-electron chi connectivity index (χ3n) is 2.87. The van der Waals surface area contributed by atoms with Crippen molar-refractivity contribution in [1.82, 2.24) is 5.32 Å². The number of thioether (sulfide) groups is 1. The van der Waals surface area contributed by atoms with Gasteiger partial charge in [0.25, 0.3) is 0 Å². The average Bonchev–Trinajstić information content (AvgIpc) is 3.01. The Kier molecular flexibility index (Phi) is 6.65. The van der Waals surface area contributed by atoms with Crippen molar-refractivity contribution in [2.45, 2.75) is 38.1 Å². The van der Waals surface area contributed by atoms with Crippen LogP contribution in [-0.4, -0.2) is 31.1 Å². The molecule has 0 aromatic carbocycles. The maximum Gasteiger partial charge on any atom is 0.0198 e. The molecule has 3 N–H and O–H groups in total. The van der Waals surface area contributed by atoms with E-state index in [-0.39, 0.29) is 0 Å². The predicted octanol–water partition coefficient (Wildman–Crippen LogP) is 1.85. The lowest BCUT2D eigenvalue weighted by molar-refractivity contribution is 0.488. The van der Waals surface area contributed by atoms with Crippen LogP contribution in [0.3, 0.4) is 0 Å². The first-order valence-corrected chi connectivity index (χ1v) is 7.18. The summed E-state index contributed by atoms with van der Waals surface area (Å²) in [4.78, 5) is 0. The van der Waals surface area contributed by atoms with E-state index in [2.05, 4.69) is 11.6 Å². The van der Waals surface area contributed by atoms with Crippen molar-refractivity contribution in [3.05, 3.63) is 0 Å². The summed E-state index contributed by atoms with van der Waals surface area (Å²) in [5.74, 6) is 2.29. The van der Waals surface area contributed by atoms with Gasteiger partial charge in [-0.3, -0.25) is 0 Å².